The first-order chi connectivity index (χ1) is 10.7. The van der Waals surface area contributed by atoms with Crippen molar-refractivity contribution in [2.75, 3.05) is 13.2 Å². The fraction of sp³-hybridized carbons (Fsp3) is 0.267. The highest BCUT2D eigenvalue weighted by molar-refractivity contribution is 5.93. The fourth-order valence-corrected chi connectivity index (χ4v) is 2.21. The zero-order valence-electron chi connectivity index (χ0n) is 12.4. The van der Waals surface area contributed by atoms with E-state index in [-0.39, 0.29) is 6.61 Å². The van der Waals surface area contributed by atoms with Gasteiger partial charge in [-0.25, -0.2) is 9.78 Å². The Bertz CT molecular complexity index is 806. The van der Waals surface area contributed by atoms with Gasteiger partial charge in [0.1, 0.15) is 11.4 Å². The summed E-state index contributed by atoms with van der Waals surface area (Å²) in [6, 6.07) is 1.85. The van der Waals surface area contributed by atoms with Crippen LogP contribution in [-0.4, -0.2) is 38.9 Å². The van der Waals surface area contributed by atoms with Gasteiger partial charge >= 0.3 is 5.97 Å². The molecular formula is C15H16N4O3. The van der Waals surface area contributed by atoms with Gasteiger partial charge < -0.3 is 14.5 Å². The summed E-state index contributed by atoms with van der Waals surface area (Å²) in [5.41, 5.74) is 2.72. The minimum Gasteiger partial charge on any atom is -0.480 e. The first kappa shape index (κ1) is 14.1. The number of fused-ring (bicyclic) bond motifs is 1. The first-order valence-corrected chi connectivity index (χ1v) is 6.92. The number of esters is 1. The Balaban J connectivity index is 1.87. The number of carbonyl (C=O) groups is 1. The molecule has 0 saturated carbocycles. The Morgan fingerprint density at radius 2 is 2.27 bits per heavy atom. The average Bonchev–Trinajstić information content (AvgIpc) is 3.11. The maximum absolute atomic E-state index is 11.3. The second-order valence-corrected chi connectivity index (χ2v) is 4.77. The summed E-state index contributed by atoms with van der Waals surface area (Å²) in [4.78, 5) is 18.7. The third kappa shape index (κ3) is 2.78. The second-order valence-electron chi connectivity index (χ2n) is 4.77. The Labute approximate surface area is 126 Å². The van der Waals surface area contributed by atoms with E-state index in [0.29, 0.717) is 12.4 Å². The van der Waals surface area contributed by atoms with E-state index in [0.717, 1.165) is 22.2 Å². The lowest BCUT2D eigenvalue weighted by atomic mass is 10.1. The van der Waals surface area contributed by atoms with Crippen LogP contribution in [0.1, 0.15) is 6.92 Å². The van der Waals surface area contributed by atoms with Crippen molar-refractivity contribution >= 4 is 17.0 Å². The highest BCUT2D eigenvalue weighted by Crippen LogP contribution is 2.29. The van der Waals surface area contributed by atoms with Crippen molar-refractivity contribution in [3.8, 4) is 16.9 Å². The van der Waals surface area contributed by atoms with E-state index >= 15 is 0 Å². The molecule has 114 valence electrons. The summed E-state index contributed by atoms with van der Waals surface area (Å²) in [7, 11) is 1.87. The summed E-state index contributed by atoms with van der Waals surface area (Å²) in [6.07, 6.45) is 7.17. The van der Waals surface area contributed by atoms with Gasteiger partial charge in [0.05, 0.1) is 19.0 Å². The lowest BCUT2D eigenvalue weighted by Gasteiger charge is -2.05. The van der Waals surface area contributed by atoms with E-state index in [1.165, 1.54) is 0 Å². The highest BCUT2D eigenvalue weighted by Gasteiger charge is 2.11. The minimum absolute atomic E-state index is 0.131. The number of aryl methyl sites for hydroxylation is 1. The molecule has 0 bridgehead atoms. The van der Waals surface area contributed by atoms with Crippen LogP contribution in [0.5, 0.6) is 5.75 Å². The van der Waals surface area contributed by atoms with Crippen molar-refractivity contribution < 1.29 is 14.3 Å². The molecule has 0 aliphatic heterocycles. The van der Waals surface area contributed by atoms with Crippen LogP contribution in [0.15, 0.2) is 30.9 Å². The molecule has 7 nitrogen and oxygen atoms in total. The number of nitrogens with zero attached hydrogens (tertiary/aromatic N) is 3. The van der Waals surface area contributed by atoms with Crippen LogP contribution in [0, 0.1) is 0 Å². The topological polar surface area (TPSA) is 82.0 Å². The Hall–Kier alpha value is -2.83. The van der Waals surface area contributed by atoms with Crippen LogP contribution in [-0.2, 0) is 16.6 Å². The monoisotopic (exact) mass is 300 g/mol. The molecule has 22 heavy (non-hydrogen) atoms. The zero-order valence-corrected chi connectivity index (χ0v) is 12.4. The molecule has 0 aromatic carbocycles. The number of rotatable bonds is 5. The third-order valence-electron chi connectivity index (χ3n) is 3.18. The van der Waals surface area contributed by atoms with Crippen molar-refractivity contribution in [2.45, 2.75) is 6.92 Å². The molecule has 0 fully saturated rings. The molecule has 3 rings (SSSR count). The van der Waals surface area contributed by atoms with Crippen molar-refractivity contribution in [3.05, 3.63) is 30.9 Å². The number of aromatic amines is 1. The molecular weight excluding hydrogens is 284 g/mol. The Morgan fingerprint density at radius 1 is 1.41 bits per heavy atom. The Morgan fingerprint density at radius 3 is 3.00 bits per heavy atom. The van der Waals surface area contributed by atoms with Crippen LogP contribution in [0.4, 0.5) is 0 Å². The number of nitrogens with one attached hydrogen (secondary N) is 1. The van der Waals surface area contributed by atoms with E-state index in [4.69, 9.17) is 9.47 Å². The van der Waals surface area contributed by atoms with Gasteiger partial charge in [0.25, 0.3) is 0 Å². The predicted molar refractivity (Wildman–Crippen MR) is 80.4 cm³/mol. The zero-order chi connectivity index (χ0) is 15.5. The standard InChI is InChI=1S/C15H16N4O3/c1-3-21-14(20)9-22-11-4-12-13(7-17-15(12)16-6-11)10-5-18-19(2)8-10/h4-8H,3,9H2,1-2H3,(H,16,17). The number of aromatic nitrogens is 4. The highest BCUT2D eigenvalue weighted by atomic mass is 16.6. The van der Waals surface area contributed by atoms with Crippen LogP contribution >= 0.6 is 0 Å². The van der Waals surface area contributed by atoms with Crippen LogP contribution in [0.25, 0.3) is 22.2 Å². The Kier molecular flexibility index (Phi) is 3.78. The van der Waals surface area contributed by atoms with Gasteiger partial charge in [0, 0.05) is 36.0 Å². The minimum atomic E-state index is -0.399. The summed E-state index contributed by atoms with van der Waals surface area (Å²) in [6.45, 7) is 1.96. The molecule has 7 heteroatoms. The lowest BCUT2D eigenvalue weighted by molar-refractivity contribution is -0.145. The normalized spacial score (nSPS) is 10.8. The van der Waals surface area contributed by atoms with E-state index in [1.54, 1.807) is 24.0 Å². The van der Waals surface area contributed by atoms with Gasteiger partial charge in [-0.2, -0.15) is 5.10 Å². The van der Waals surface area contributed by atoms with Crippen molar-refractivity contribution in [1.82, 2.24) is 19.7 Å². The van der Waals surface area contributed by atoms with Crippen LogP contribution in [0.3, 0.4) is 0 Å². The number of hydrogen-bond acceptors (Lipinski definition) is 5. The van der Waals surface area contributed by atoms with Crippen LogP contribution in [0.2, 0.25) is 0 Å². The molecule has 0 radical (unpaired) electrons. The molecule has 3 aromatic heterocycles. The summed E-state index contributed by atoms with van der Waals surface area (Å²) < 4.78 is 12.0. The summed E-state index contributed by atoms with van der Waals surface area (Å²) in [5.74, 6) is 0.120. The SMILES string of the molecule is CCOC(=O)COc1cnc2[nH]cc(-c3cnn(C)c3)c2c1. The quantitative estimate of drug-likeness (QED) is 0.728. The number of pyridine rings is 1. The number of hydrogen-bond donors (Lipinski definition) is 1. The second kappa shape index (κ2) is 5.88. The van der Waals surface area contributed by atoms with E-state index in [2.05, 4.69) is 15.1 Å². The van der Waals surface area contributed by atoms with Crippen molar-refractivity contribution in [3.63, 3.8) is 0 Å². The van der Waals surface area contributed by atoms with Gasteiger partial charge in [0.2, 0.25) is 0 Å². The molecule has 1 N–H and O–H groups in total. The predicted octanol–water partition coefficient (Wildman–Crippen LogP) is 1.91. The van der Waals surface area contributed by atoms with E-state index in [1.807, 2.05) is 25.5 Å². The molecule has 0 aliphatic carbocycles. The van der Waals surface area contributed by atoms with Gasteiger partial charge in [-0.3, -0.25) is 4.68 Å². The number of H-pyrrole nitrogens is 1. The largest absolute Gasteiger partial charge is 0.480 e. The molecule has 3 aromatic rings. The molecule has 0 aliphatic rings. The van der Waals surface area contributed by atoms with Gasteiger partial charge in [-0.15, -0.1) is 0 Å². The smallest absolute Gasteiger partial charge is 0.344 e. The first-order valence-electron chi connectivity index (χ1n) is 6.92. The maximum Gasteiger partial charge on any atom is 0.344 e. The molecule has 0 saturated heterocycles. The lowest BCUT2D eigenvalue weighted by Crippen LogP contribution is -2.14. The van der Waals surface area contributed by atoms with E-state index in [9.17, 15) is 4.79 Å². The fourth-order valence-electron chi connectivity index (χ4n) is 2.21. The molecule has 3 heterocycles. The summed E-state index contributed by atoms with van der Waals surface area (Å²) in [5, 5.41) is 5.08. The maximum atomic E-state index is 11.3. The molecule has 0 spiro atoms. The number of ether oxygens (including phenoxy) is 2. The third-order valence-corrected chi connectivity index (χ3v) is 3.18. The molecule has 0 amide bonds. The van der Waals surface area contributed by atoms with Crippen LogP contribution < -0.4 is 4.74 Å². The van der Waals surface area contributed by atoms with E-state index < -0.39 is 5.97 Å². The van der Waals surface area contributed by atoms with Gasteiger partial charge in [-0.1, -0.05) is 0 Å². The average molecular weight is 300 g/mol. The van der Waals surface area contributed by atoms with Crippen molar-refractivity contribution in [2.24, 2.45) is 7.05 Å². The molecule has 0 atom stereocenters. The van der Waals surface area contributed by atoms with Gasteiger partial charge in [-0.05, 0) is 13.0 Å². The van der Waals surface area contributed by atoms with Crippen molar-refractivity contribution in [1.29, 1.82) is 0 Å². The summed E-state index contributed by atoms with van der Waals surface area (Å²) >= 11 is 0. The van der Waals surface area contributed by atoms with Gasteiger partial charge in [0.15, 0.2) is 6.61 Å². The number of carbonyl (C=O) groups excluding carboxylic acids is 1. The molecule has 0 unspecified atom stereocenters.